The van der Waals surface area contributed by atoms with E-state index in [1.54, 1.807) is 19.2 Å². The summed E-state index contributed by atoms with van der Waals surface area (Å²) in [4.78, 5) is 0. The first kappa shape index (κ1) is 16.4. The van der Waals surface area contributed by atoms with Crippen molar-refractivity contribution in [2.45, 2.75) is 19.1 Å². The SMILES string of the molecule is COCC(C)OCC(O)CNc1ccc(Br)c(F)c1. The Kier molecular flexibility index (Phi) is 7.30. The van der Waals surface area contributed by atoms with E-state index in [0.29, 0.717) is 23.3 Å². The first-order chi connectivity index (χ1) is 9.02. The van der Waals surface area contributed by atoms with Gasteiger partial charge in [-0.3, -0.25) is 0 Å². The van der Waals surface area contributed by atoms with Crippen LogP contribution >= 0.6 is 15.9 Å². The van der Waals surface area contributed by atoms with Crippen LogP contribution in [0.1, 0.15) is 6.92 Å². The predicted molar refractivity (Wildman–Crippen MR) is 75.9 cm³/mol. The van der Waals surface area contributed by atoms with Crippen molar-refractivity contribution in [3.05, 3.63) is 28.5 Å². The fraction of sp³-hybridized carbons (Fsp3) is 0.538. The zero-order chi connectivity index (χ0) is 14.3. The smallest absolute Gasteiger partial charge is 0.139 e. The minimum atomic E-state index is -0.661. The molecule has 1 aromatic rings. The molecule has 0 aromatic heterocycles. The monoisotopic (exact) mass is 335 g/mol. The van der Waals surface area contributed by atoms with Gasteiger partial charge in [0.2, 0.25) is 0 Å². The van der Waals surface area contributed by atoms with Gasteiger partial charge in [-0.1, -0.05) is 0 Å². The van der Waals surface area contributed by atoms with Gasteiger partial charge in [-0.05, 0) is 41.1 Å². The van der Waals surface area contributed by atoms with Crippen LogP contribution in [0.2, 0.25) is 0 Å². The van der Waals surface area contributed by atoms with Gasteiger partial charge in [0, 0.05) is 19.3 Å². The van der Waals surface area contributed by atoms with Gasteiger partial charge in [0.1, 0.15) is 5.82 Å². The van der Waals surface area contributed by atoms with Crippen LogP contribution in [-0.2, 0) is 9.47 Å². The molecule has 2 N–H and O–H groups in total. The standard InChI is InChI=1S/C13H19BrFNO3/c1-9(7-18-2)19-8-11(17)6-16-10-3-4-12(14)13(15)5-10/h3-5,9,11,16-17H,6-8H2,1-2H3. The number of benzene rings is 1. The summed E-state index contributed by atoms with van der Waals surface area (Å²) in [6.07, 6.45) is -0.726. The van der Waals surface area contributed by atoms with E-state index in [1.165, 1.54) is 6.07 Å². The molecule has 2 unspecified atom stereocenters. The van der Waals surface area contributed by atoms with Crippen molar-refractivity contribution >= 4 is 21.6 Å². The molecule has 6 heteroatoms. The van der Waals surface area contributed by atoms with E-state index >= 15 is 0 Å². The van der Waals surface area contributed by atoms with Gasteiger partial charge >= 0.3 is 0 Å². The number of nitrogens with one attached hydrogen (secondary N) is 1. The van der Waals surface area contributed by atoms with Gasteiger partial charge in [-0.2, -0.15) is 0 Å². The number of aliphatic hydroxyl groups is 1. The summed E-state index contributed by atoms with van der Waals surface area (Å²) in [5.74, 6) is -0.343. The maximum Gasteiger partial charge on any atom is 0.139 e. The Bertz CT molecular complexity index is 392. The van der Waals surface area contributed by atoms with Crippen molar-refractivity contribution in [1.82, 2.24) is 0 Å². The molecule has 0 fully saturated rings. The second kappa shape index (κ2) is 8.47. The maximum atomic E-state index is 13.3. The zero-order valence-electron chi connectivity index (χ0n) is 11.0. The minimum absolute atomic E-state index is 0.0650. The Hall–Kier alpha value is -0.690. The van der Waals surface area contributed by atoms with E-state index in [9.17, 15) is 9.50 Å². The average Bonchev–Trinajstić information content (AvgIpc) is 2.38. The van der Waals surface area contributed by atoms with E-state index < -0.39 is 6.10 Å². The number of hydrogen-bond donors (Lipinski definition) is 2. The summed E-state index contributed by atoms with van der Waals surface area (Å²) < 4.78 is 24.0. The average molecular weight is 336 g/mol. The predicted octanol–water partition coefficient (Wildman–Crippen LogP) is 2.41. The molecule has 1 rings (SSSR count). The topological polar surface area (TPSA) is 50.7 Å². The number of anilines is 1. The number of methoxy groups -OCH3 is 1. The van der Waals surface area contributed by atoms with Crippen LogP contribution in [0.4, 0.5) is 10.1 Å². The van der Waals surface area contributed by atoms with E-state index in [1.807, 2.05) is 6.92 Å². The highest BCUT2D eigenvalue weighted by atomic mass is 79.9. The molecule has 0 heterocycles. The van der Waals surface area contributed by atoms with Gasteiger partial charge in [-0.25, -0.2) is 4.39 Å². The molecule has 0 saturated heterocycles. The van der Waals surface area contributed by atoms with Gasteiger partial charge < -0.3 is 19.9 Å². The van der Waals surface area contributed by atoms with Crippen LogP contribution in [0.5, 0.6) is 0 Å². The molecule has 0 aliphatic carbocycles. The Morgan fingerprint density at radius 1 is 1.42 bits per heavy atom. The van der Waals surface area contributed by atoms with Gasteiger partial charge in [0.15, 0.2) is 0 Å². The third-order valence-corrected chi connectivity index (χ3v) is 3.08. The highest BCUT2D eigenvalue weighted by Crippen LogP contribution is 2.19. The van der Waals surface area contributed by atoms with Gasteiger partial charge in [-0.15, -0.1) is 0 Å². The van der Waals surface area contributed by atoms with Crippen LogP contribution in [0.15, 0.2) is 22.7 Å². The van der Waals surface area contributed by atoms with Crippen LogP contribution in [0, 0.1) is 5.82 Å². The number of halogens is 2. The lowest BCUT2D eigenvalue weighted by atomic mass is 10.3. The van der Waals surface area contributed by atoms with Crippen LogP contribution in [-0.4, -0.2) is 44.2 Å². The van der Waals surface area contributed by atoms with Crippen molar-refractivity contribution in [1.29, 1.82) is 0 Å². The summed E-state index contributed by atoms with van der Waals surface area (Å²) in [6.45, 7) is 2.85. The lowest BCUT2D eigenvalue weighted by Gasteiger charge is -2.16. The molecule has 0 spiro atoms. The molecule has 0 aliphatic rings. The number of ether oxygens (including phenoxy) is 2. The molecule has 108 valence electrons. The lowest BCUT2D eigenvalue weighted by molar-refractivity contribution is -0.0282. The quantitative estimate of drug-likeness (QED) is 0.766. The molecule has 0 aliphatic heterocycles. The van der Waals surface area contributed by atoms with Crippen molar-refractivity contribution in [2.24, 2.45) is 0 Å². The molecular formula is C13H19BrFNO3. The largest absolute Gasteiger partial charge is 0.389 e. The number of aliphatic hydroxyl groups excluding tert-OH is 1. The van der Waals surface area contributed by atoms with E-state index in [4.69, 9.17) is 9.47 Å². The van der Waals surface area contributed by atoms with Crippen LogP contribution in [0.3, 0.4) is 0 Å². The molecule has 0 saturated carbocycles. The third kappa shape index (κ3) is 6.33. The number of hydrogen-bond acceptors (Lipinski definition) is 4. The first-order valence-electron chi connectivity index (χ1n) is 6.00. The molecular weight excluding hydrogens is 317 g/mol. The van der Waals surface area contributed by atoms with Crippen LogP contribution in [0.25, 0.3) is 0 Å². The van der Waals surface area contributed by atoms with Crippen LogP contribution < -0.4 is 5.32 Å². The molecule has 2 atom stereocenters. The van der Waals surface area contributed by atoms with Gasteiger partial charge in [0.05, 0.1) is 29.9 Å². The Morgan fingerprint density at radius 3 is 2.79 bits per heavy atom. The van der Waals surface area contributed by atoms with E-state index in [2.05, 4.69) is 21.2 Å². The first-order valence-corrected chi connectivity index (χ1v) is 6.79. The number of rotatable bonds is 8. The molecule has 0 amide bonds. The highest BCUT2D eigenvalue weighted by Gasteiger charge is 2.08. The summed E-state index contributed by atoms with van der Waals surface area (Å²) >= 11 is 3.08. The second-order valence-corrected chi connectivity index (χ2v) is 5.12. The van der Waals surface area contributed by atoms with E-state index in [-0.39, 0.29) is 18.5 Å². The Morgan fingerprint density at radius 2 is 2.16 bits per heavy atom. The molecule has 19 heavy (non-hydrogen) atoms. The minimum Gasteiger partial charge on any atom is -0.389 e. The lowest BCUT2D eigenvalue weighted by Crippen LogP contribution is -2.28. The summed E-state index contributed by atoms with van der Waals surface area (Å²) in [5, 5.41) is 12.7. The molecule has 0 radical (unpaired) electrons. The summed E-state index contributed by atoms with van der Waals surface area (Å²) in [6, 6.07) is 4.71. The normalized spacial score (nSPS) is 14.2. The molecule has 4 nitrogen and oxygen atoms in total. The highest BCUT2D eigenvalue weighted by molar-refractivity contribution is 9.10. The third-order valence-electron chi connectivity index (χ3n) is 2.44. The fourth-order valence-corrected chi connectivity index (χ4v) is 1.71. The Labute approximate surface area is 121 Å². The molecule has 1 aromatic carbocycles. The van der Waals surface area contributed by atoms with Crippen molar-refractivity contribution in [3.63, 3.8) is 0 Å². The van der Waals surface area contributed by atoms with Crippen molar-refractivity contribution in [3.8, 4) is 0 Å². The van der Waals surface area contributed by atoms with Crippen molar-refractivity contribution in [2.75, 3.05) is 32.2 Å². The molecule has 0 bridgehead atoms. The Balaban J connectivity index is 2.29. The maximum absolute atomic E-state index is 13.3. The van der Waals surface area contributed by atoms with E-state index in [0.717, 1.165) is 0 Å². The summed E-state index contributed by atoms with van der Waals surface area (Å²) in [5.41, 5.74) is 0.615. The second-order valence-electron chi connectivity index (χ2n) is 4.26. The van der Waals surface area contributed by atoms with Gasteiger partial charge in [0.25, 0.3) is 0 Å². The zero-order valence-corrected chi connectivity index (χ0v) is 12.6. The fourth-order valence-electron chi connectivity index (χ4n) is 1.46. The summed E-state index contributed by atoms with van der Waals surface area (Å²) in [7, 11) is 1.60. The van der Waals surface area contributed by atoms with Crippen molar-refractivity contribution < 1.29 is 19.0 Å².